The molecule has 8 heteroatoms. The van der Waals surface area contributed by atoms with Crippen molar-refractivity contribution in [3.05, 3.63) is 69.1 Å². The van der Waals surface area contributed by atoms with E-state index in [4.69, 9.17) is 21.1 Å². The van der Waals surface area contributed by atoms with Crippen molar-refractivity contribution >= 4 is 17.5 Å². The molecule has 1 aromatic heterocycles. The Labute approximate surface area is 175 Å². The van der Waals surface area contributed by atoms with Gasteiger partial charge in [-0.25, -0.2) is 0 Å². The van der Waals surface area contributed by atoms with Gasteiger partial charge in [0.25, 0.3) is 11.5 Å². The maximum absolute atomic E-state index is 12.8. The van der Waals surface area contributed by atoms with Crippen LogP contribution < -0.4 is 10.9 Å². The molecule has 1 aromatic carbocycles. The molecule has 1 fully saturated rings. The molecule has 1 amide bonds. The normalized spacial score (nSPS) is 15.8. The third kappa shape index (κ3) is 5.67. The lowest BCUT2D eigenvalue weighted by atomic mass is 10.0. The van der Waals surface area contributed by atoms with Crippen molar-refractivity contribution in [3.8, 4) is 0 Å². The minimum Gasteiger partial charge on any atom is -0.383 e. The second-order valence-electron chi connectivity index (χ2n) is 6.84. The van der Waals surface area contributed by atoms with Gasteiger partial charge in [0.05, 0.1) is 31.4 Å². The van der Waals surface area contributed by atoms with E-state index >= 15 is 0 Å². The molecule has 1 N–H and O–H groups in total. The number of ether oxygens (including phenoxy) is 2. The Bertz CT molecular complexity index is 880. The van der Waals surface area contributed by atoms with E-state index in [9.17, 15) is 9.59 Å². The van der Waals surface area contributed by atoms with Gasteiger partial charge in [0.1, 0.15) is 0 Å². The maximum Gasteiger partial charge on any atom is 0.252 e. The molecule has 2 aromatic rings. The van der Waals surface area contributed by atoms with Crippen LogP contribution >= 0.6 is 11.6 Å². The minimum absolute atomic E-state index is 0.0593. The number of hydrogen-bond donors (Lipinski definition) is 1. The number of halogens is 1. The summed E-state index contributed by atoms with van der Waals surface area (Å²) in [7, 11) is 1.57. The van der Waals surface area contributed by atoms with Crippen LogP contribution in [0.4, 0.5) is 0 Å². The number of aromatic nitrogens is 1. The smallest absolute Gasteiger partial charge is 0.252 e. The fraction of sp³-hybridized carbons (Fsp3) is 0.429. The van der Waals surface area contributed by atoms with Gasteiger partial charge in [-0.2, -0.15) is 0 Å². The zero-order chi connectivity index (χ0) is 20.6. The molecule has 29 heavy (non-hydrogen) atoms. The number of amides is 1. The molecule has 1 aliphatic rings. The number of morpholine rings is 1. The first-order chi connectivity index (χ1) is 14.1. The van der Waals surface area contributed by atoms with Crippen molar-refractivity contribution < 1.29 is 14.3 Å². The topological polar surface area (TPSA) is 72.8 Å². The van der Waals surface area contributed by atoms with E-state index in [1.54, 1.807) is 19.4 Å². The summed E-state index contributed by atoms with van der Waals surface area (Å²) in [6.45, 7) is 4.04. The molecule has 3 rings (SSSR count). The number of carbonyl (C=O) groups is 1. The van der Waals surface area contributed by atoms with Gasteiger partial charge in [0.15, 0.2) is 0 Å². The van der Waals surface area contributed by atoms with Crippen molar-refractivity contribution in [2.75, 3.05) is 46.6 Å². The molecule has 156 valence electrons. The molecule has 1 aliphatic heterocycles. The van der Waals surface area contributed by atoms with Crippen molar-refractivity contribution in [2.24, 2.45) is 0 Å². The van der Waals surface area contributed by atoms with Crippen molar-refractivity contribution in [3.63, 3.8) is 0 Å². The van der Waals surface area contributed by atoms with E-state index in [-0.39, 0.29) is 17.5 Å². The molecule has 1 atom stereocenters. The Morgan fingerprint density at radius 2 is 2.00 bits per heavy atom. The lowest BCUT2D eigenvalue weighted by Crippen LogP contribution is -2.44. The fourth-order valence-corrected chi connectivity index (χ4v) is 3.65. The van der Waals surface area contributed by atoms with Crippen LogP contribution in [0.5, 0.6) is 0 Å². The predicted molar refractivity (Wildman–Crippen MR) is 111 cm³/mol. The summed E-state index contributed by atoms with van der Waals surface area (Å²) in [6, 6.07) is 10.6. The van der Waals surface area contributed by atoms with Gasteiger partial charge in [-0.15, -0.1) is 0 Å². The lowest BCUT2D eigenvalue weighted by Gasteiger charge is -2.35. The van der Waals surface area contributed by atoms with Gasteiger partial charge >= 0.3 is 0 Å². The Morgan fingerprint density at radius 1 is 1.24 bits per heavy atom. The van der Waals surface area contributed by atoms with E-state index < -0.39 is 0 Å². The SMILES string of the molecule is COCCn1cc(C(=O)NC[C@H](c2ccccc2Cl)N2CCOCC2)ccc1=O. The zero-order valence-corrected chi connectivity index (χ0v) is 17.2. The average Bonchev–Trinajstić information content (AvgIpc) is 2.75. The number of benzene rings is 1. The summed E-state index contributed by atoms with van der Waals surface area (Å²) < 4.78 is 12.0. The molecule has 0 bridgehead atoms. The molecular weight excluding hydrogens is 394 g/mol. The Hall–Kier alpha value is -2.19. The van der Waals surface area contributed by atoms with E-state index in [0.717, 1.165) is 18.7 Å². The summed E-state index contributed by atoms with van der Waals surface area (Å²) in [5.74, 6) is -0.235. The molecule has 0 spiro atoms. The number of nitrogens with one attached hydrogen (secondary N) is 1. The highest BCUT2D eigenvalue weighted by Gasteiger charge is 2.25. The van der Waals surface area contributed by atoms with Gasteiger partial charge in [0.2, 0.25) is 0 Å². The fourth-order valence-electron chi connectivity index (χ4n) is 3.39. The number of pyridine rings is 1. The molecule has 0 radical (unpaired) electrons. The number of carbonyl (C=O) groups excluding carboxylic acids is 1. The second-order valence-corrected chi connectivity index (χ2v) is 7.25. The molecule has 0 saturated carbocycles. The molecule has 1 saturated heterocycles. The molecule has 2 heterocycles. The van der Waals surface area contributed by atoms with Gasteiger partial charge < -0.3 is 19.4 Å². The quantitative estimate of drug-likeness (QED) is 0.708. The summed E-state index contributed by atoms with van der Waals surface area (Å²) in [4.78, 5) is 27.0. The van der Waals surface area contributed by atoms with Crippen LogP contribution in [0.1, 0.15) is 22.0 Å². The largest absolute Gasteiger partial charge is 0.383 e. The van der Waals surface area contributed by atoms with Crippen LogP contribution in [0.25, 0.3) is 0 Å². The van der Waals surface area contributed by atoms with Gasteiger partial charge in [-0.05, 0) is 17.7 Å². The first kappa shape index (κ1) is 21.5. The van der Waals surface area contributed by atoms with E-state index in [1.165, 1.54) is 10.6 Å². The number of methoxy groups -OCH3 is 1. The lowest BCUT2D eigenvalue weighted by molar-refractivity contribution is 0.0162. The Balaban J connectivity index is 1.74. The van der Waals surface area contributed by atoms with Crippen molar-refractivity contribution in [2.45, 2.75) is 12.6 Å². The first-order valence-electron chi connectivity index (χ1n) is 9.64. The highest BCUT2D eigenvalue weighted by molar-refractivity contribution is 6.31. The summed E-state index contributed by atoms with van der Waals surface area (Å²) in [6.07, 6.45) is 1.57. The van der Waals surface area contributed by atoms with Crippen LogP contribution in [0, 0.1) is 0 Å². The van der Waals surface area contributed by atoms with Crippen LogP contribution in [0.2, 0.25) is 5.02 Å². The van der Waals surface area contributed by atoms with Crippen LogP contribution in [-0.2, 0) is 16.0 Å². The number of nitrogens with zero attached hydrogens (tertiary/aromatic N) is 2. The number of rotatable bonds is 8. The van der Waals surface area contributed by atoms with Gasteiger partial charge in [0, 0.05) is 50.6 Å². The van der Waals surface area contributed by atoms with Crippen molar-refractivity contribution in [1.29, 1.82) is 0 Å². The maximum atomic E-state index is 12.8. The Morgan fingerprint density at radius 3 is 2.72 bits per heavy atom. The standard InChI is InChI=1S/C21H26ClN3O4/c1-28-11-8-25-15-16(6-7-20(25)26)21(27)23-14-19(24-9-12-29-13-10-24)17-4-2-3-5-18(17)22/h2-7,15,19H,8-14H2,1H3,(H,23,27)/t19-/m1/s1. The zero-order valence-electron chi connectivity index (χ0n) is 16.5. The predicted octanol–water partition coefficient (Wildman–Crippen LogP) is 1.95. The molecular formula is C21H26ClN3O4. The van der Waals surface area contributed by atoms with Crippen LogP contribution in [-0.4, -0.2) is 61.9 Å². The first-order valence-corrected chi connectivity index (χ1v) is 10.0. The minimum atomic E-state index is -0.235. The third-order valence-corrected chi connectivity index (χ3v) is 5.33. The van der Waals surface area contributed by atoms with Crippen molar-refractivity contribution in [1.82, 2.24) is 14.8 Å². The van der Waals surface area contributed by atoms with Gasteiger partial charge in [-0.3, -0.25) is 14.5 Å². The third-order valence-electron chi connectivity index (χ3n) is 4.99. The molecule has 0 aliphatic carbocycles. The highest BCUT2D eigenvalue weighted by atomic mass is 35.5. The highest BCUT2D eigenvalue weighted by Crippen LogP contribution is 2.27. The van der Waals surface area contributed by atoms with Crippen LogP contribution in [0.15, 0.2) is 47.4 Å². The summed E-state index contributed by atoms with van der Waals surface area (Å²) >= 11 is 6.44. The summed E-state index contributed by atoms with van der Waals surface area (Å²) in [5.41, 5.74) is 1.24. The number of hydrogen-bond acceptors (Lipinski definition) is 5. The van der Waals surface area contributed by atoms with E-state index in [2.05, 4.69) is 10.2 Å². The van der Waals surface area contributed by atoms with Gasteiger partial charge in [-0.1, -0.05) is 29.8 Å². The monoisotopic (exact) mass is 419 g/mol. The van der Waals surface area contributed by atoms with E-state index in [0.29, 0.717) is 43.5 Å². The average molecular weight is 420 g/mol. The summed E-state index contributed by atoms with van der Waals surface area (Å²) in [5, 5.41) is 3.67. The van der Waals surface area contributed by atoms with Crippen LogP contribution in [0.3, 0.4) is 0 Å². The van der Waals surface area contributed by atoms with E-state index in [1.807, 2.05) is 24.3 Å². The molecule has 7 nitrogen and oxygen atoms in total. The Kier molecular flexibility index (Phi) is 7.83. The second kappa shape index (κ2) is 10.5. The molecule has 0 unspecified atom stereocenters.